The number of nitrogens with one attached hydrogen (secondary N) is 1. The van der Waals surface area contributed by atoms with E-state index in [1.54, 1.807) is 7.11 Å². The van der Waals surface area contributed by atoms with Gasteiger partial charge in [0, 0.05) is 29.1 Å². The molecular formula is C17H23NOS. The van der Waals surface area contributed by atoms with Gasteiger partial charge in [0.15, 0.2) is 0 Å². The molecule has 1 aromatic heterocycles. The molecule has 0 saturated heterocycles. The second-order valence-corrected chi connectivity index (χ2v) is 7.17. The minimum atomic E-state index is 0.237. The molecule has 1 heterocycles. The number of thiophene rings is 1. The molecule has 0 radical (unpaired) electrons. The molecular weight excluding hydrogens is 266 g/mol. The van der Waals surface area contributed by atoms with Crippen LogP contribution in [0.1, 0.15) is 36.1 Å². The number of hydrogen-bond acceptors (Lipinski definition) is 3. The lowest BCUT2D eigenvalue weighted by Gasteiger charge is -2.15. The normalized spacial score (nSPS) is 11.6. The van der Waals surface area contributed by atoms with Crippen LogP contribution in [0.3, 0.4) is 0 Å². The molecule has 3 heteroatoms. The summed E-state index contributed by atoms with van der Waals surface area (Å²) in [5, 5.41) is 3.48. The van der Waals surface area contributed by atoms with Crippen LogP contribution >= 0.6 is 11.3 Å². The molecule has 0 amide bonds. The van der Waals surface area contributed by atoms with Gasteiger partial charge in [-0.1, -0.05) is 32.9 Å². The topological polar surface area (TPSA) is 21.3 Å². The summed E-state index contributed by atoms with van der Waals surface area (Å²) in [6, 6.07) is 12.8. The molecule has 0 spiro atoms. The molecule has 108 valence electrons. The quantitative estimate of drug-likeness (QED) is 0.853. The van der Waals surface area contributed by atoms with E-state index in [0.717, 1.165) is 12.2 Å². The first-order valence-electron chi connectivity index (χ1n) is 6.90. The third kappa shape index (κ3) is 4.09. The minimum absolute atomic E-state index is 0.237. The Bertz CT molecular complexity index is 554. The van der Waals surface area contributed by atoms with Crippen LogP contribution in [-0.4, -0.2) is 7.11 Å². The smallest absolute Gasteiger partial charge is 0.0713 e. The molecule has 0 bridgehead atoms. The van der Waals surface area contributed by atoms with Crippen molar-refractivity contribution in [2.45, 2.75) is 39.3 Å². The van der Waals surface area contributed by atoms with E-state index in [9.17, 15) is 0 Å². The standard InChI is InChI=1S/C17H23NOS/c1-17(2,3)16-9-8-15(20-16)11-18-14-7-5-6-13(10-14)12-19-4/h5-10,18H,11-12H2,1-4H3. The molecule has 2 aromatic rings. The van der Waals surface area contributed by atoms with E-state index in [-0.39, 0.29) is 5.41 Å². The average Bonchev–Trinajstić information content (AvgIpc) is 2.86. The monoisotopic (exact) mass is 289 g/mol. The first-order valence-corrected chi connectivity index (χ1v) is 7.71. The van der Waals surface area contributed by atoms with E-state index >= 15 is 0 Å². The fraction of sp³-hybridized carbons (Fsp3) is 0.412. The molecule has 0 aliphatic carbocycles. The predicted octanol–water partition coefficient (Wildman–Crippen LogP) is 4.80. The zero-order valence-electron chi connectivity index (χ0n) is 12.7. The first kappa shape index (κ1) is 15.1. The molecule has 0 saturated carbocycles. The maximum atomic E-state index is 5.16. The summed E-state index contributed by atoms with van der Waals surface area (Å²) in [7, 11) is 1.72. The fourth-order valence-corrected chi connectivity index (χ4v) is 3.01. The summed E-state index contributed by atoms with van der Waals surface area (Å²) in [5.74, 6) is 0. The highest BCUT2D eigenvalue weighted by Gasteiger charge is 2.15. The number of rotatable bonds is 5. The largest absolute Gasteiger partial charge is 0.380 e. The lowest BCUT2D eigenvalue weighted by Crippen LogP contribution is -2.07. The van der Waals surface area contributed by atoms with Crippen molar-refractivity contribution in [2.24, 2.45) is 0 Å². The van der Waals surface area contributed by atoms with Crippen molar-refractivity contribution in [2.75, 3.05) is 12.4 Å². The van der Waals surface area contributed by atoms with E-state index in [0.29, 0.717) is 6.61 Å². The van der Waals surface area contributed by atoms with Gasteiger partial charge in [-0.25, -0.2) is 0 Å². The van der Waals surface area contributed by atoms with Crippen LogP contribution < -0.4 is 5.32 Å². The van der Waals surface area contributed by atoms with Gasteiger partial charge in [-0.2, -0.15) is 0 Å². The lowest BCUT2D eigenvalue weighted by atomic mass is 9.95. The highest BCUT2D eigenvalue weighted by Crippen LogP contribution is 2.29. The van der Waals surface area contributed by atoms with Crippen LogP contribution in [-0.2, 0) is 23.3 Å². The van der Waals surface area contributed by atoms with Crippen molar-refractivity contribution in [1.29, 1.82) is 0 Å². The van der Waals surface area contributed by atoms with Crippen LogP contribution in [0, 0.1) is 0 Å². The van der Waals surface area contributed by atoms with E-state index in [4.69, 9.17) is 4.74 Å². The van der Waals surface area contributed by atoms with Crippen LogP contribution in [0.25, 0.3) is 0 Å². The second kappa shape index (κ2) is 6.42. The second-order valence-electron chi connectivity index (χ2n) is 6.00. The van der Waals surface area contributed by atoms with Crippen molar-refractivity contribution in [3.8, 4) is 0 Å². The molecule has 20 heavy (non-hydrogen) atoms. The van der Waals surface area contributed by atoms with Crippen molar-refractivity contribution >= 4 is 17.0 Å². The maximum Gasteiger partial charge on any atom is 0.0713 e. The van der Waals surface area contributed by atoms with Gasteiger partial charge in [0.1, 0.15) is 0 Å². The molecule has 2 rings (SSSR count). The summed E-state index contributed by atoms with van der Waals surface area (Å²) in [6.45, 7) is 8.29. The molecule has 0 aliphatic rings. The molecule has 0 atom stereocenters. The third-order valence-electron chi connectivity index (χ3n) is 3.11. The Labute approximate surface area is 125 Å². The Morgan fingerprint density at radius 2 is 1.95 bits per heavy atom. The zero-order valence-corrected chi connectivity index (χ0v) is 13.5. The van der Waals surface area contributed by atoms with Crippen LogP contribution in [0.4, 0.5) is 5.69 Å². The number of hydrogen-bond donors (Lipinski definition) is 1. The Morgan fingerprint density at radius 1 is 1.15 bits per heavy atom. The molecule has 0 aliphatic heterocycles. The van der Waals surface area contributed by atoms with E-state index < -0.39 is 0 Å². The summed E-state index contributed by atoms with van der Waals surface area (Å²) in [4.78, 5) is 2.80. The average molecular weight is 289 g/mol. The Morgan fingerprint density at radius 3 is 2.60 bits per heavy atom. The highest BCUT2D eigenvalue weighted by molar-refractivity contribution is 7.12. The maximum absolute atomic E-state index is 5.16. The Balaban J connectivity index is 1.98. The van der Waals surface area contributed by atoms with E-state index in [1.165, 1.54) is 15.3 Å². The van der Waals surface area contributed by atoms with Gasteiger partial charge in [0.05, 0.1) is 6.61 Å². The third-order valence-corrected chi connectivity index (χ3v) is 4.62. The molecule has 0 fully saturated rings. The van der Waals surface area contributed by atoms with Gasteiger partial charge in [0.25, 0.3) is 0 Å². The SMILES string of the molecule is COCc1cccc(NCc2ccc(C(C)(C)C)s2)c1. The Hall–Kier alpha value is -1.32. The van der Waals surface area contributed by atoms with Crippen LogP contribution in [0.15, 0.2) is 36.4 Å². The van der Waals surface area contributed by atoms with Crippen molar-refractivity contribution in [1.82, 2.24) is 0 Å². The summed E-state index contributed by atoms with van der Waals surface area (Å²) in [6.07, 6.45) is 0. The molecule has 1 N–H and O–H groups in total. The first-order chi connectivity index (χ1) is 9.49. The summed E-state index contributed by atoms with van der Waals surface area (Å²) < 4.78 is 5.16. The van der Waals surface area contributed by atoms with Gasteiger partial charge in [-0.05, 0) is 35.2 Å². The Kier molecular flexibility index (Phi) is 4.84. The fourth-order valence-electron chi connectivity index (χ4n) is 2.00. The van der Waals surface area contributed by atoms with Gasteiger partial charge >= 0.3 is 0 Å². The van der Waals surface area contributed by atoms with Crippen molar-refractivity contribution < 1.29 is 4.74 Å². The van der Waals surface area contributed by atoms with Gasteiger partial charge in [-0.3, -0.25) is 0 Å². The van der Waals surface area contributed by atoms with Gasteiger partial charge < -0.3 is 10.1 Å². The number of anilines is 1. The number of benzene rings is 1. The molecule has 1 aromatic carbocycles. The van der Waals surface area contributed by atoms with E-state index in [1.807, 2.05) is 11.3 Å². The van der Waals surface area contributed by atoms with E-state index in [2.05, 4.69) is 62.5 Å². The van der Waals surface area contributed by atoms with Crippen molar-refractivity contribution in [3.05, 3.63) is 51.7 Å². The molecule has 2 nitrogen and oxygen atoms in total. The summed E-state index contributed by atoms with van der Waals surface area (Å²) in [5.41, 5.74) is 2.57. The van der Waals surface area contributed by atoms with Crippen LogP contribution in [0.5, 0.6) is 0 Å². The molecule has 0 unspecified atom stereocenters. The van der Waals surface area contributed by atoms with Gasteiger partial charge in [0.2, 0.25) is 0 Å². The van der Waals surface area contributed by atoms with Crippen molar-refractivity contribution in [3.63, 3.8) is 0 Å². The predicted molar refractivity (Wildman–Crippen MR) is 87.5 cm³/mol. The lowest BCUT2D eigenvalue weighted by molar-refractivity contribution is 0.185. The van der Waals surface area contributed by atoms with Gasteiger partial charge in [-0.15, -0.1) is 11.3 Å². The highest BCUT2D eigenvalue weighted by atomic mass is 32.1. The number of ether oxygens (including phenoxy) is 1. The summed E-state index contributed by atoms with van der Waals surface area (Å²) >= 11 is 1.89. The zero-order chi connectivity index (χ0) is 14.6. The van der Waals surface area contributed by atoms with Crippen LogP contribution in [0.2, 0.25) is 0 Å². The minimum Gasteiger partial charge on any atom is -0.380 e. The number of methoxy groups -OCH3 is 1.